The first-order chi connectivity index (χ1) is 36.0. The molecule has 0 bridgehead atoms. The van der Waals surface area contributed by atoms with Crippen molar-refractivity contribution in [2.24, 2.45) is 0 Å². The van der Waals surface area contributed by atoms with Gasteiger partial charge in [-0.05, 0) is 141 Å². The van der Waals surface area contributed by atoms with Crippen LogP contribution in [0.2, 0.25) is 0 Å². The maximum Gasteiger partial charge on any atom is 0.187 e. The van der Waals surface area contributed by atoms with E-state index >= 15 is 0 Å². The Morgan fingerprint density at radius 3 is 1.08 bits per heavy atom. The lowest BCUT2D eigenvalue weighted by Crippen LogP contribution is -2.03. The lowest BCUT2D eigenvalue weighted by molar-refractivity contribution is 1.16. The highest BCUT2D eigenvalue weighted by Crippen LogP contribution is 2.45. The van der Waals surface area contributed by atoms with Gasteiger partial charge in [-0.1, -0.05) is 175 Å². The van der Waals surface area contributed by atoms with Gasteiger partial charge in [-0.25, -0.2) is 4.85 Å². The molecule has 0 aliphatic carbocycles. The second kappa shape index (κ2) is 17.8. The standard InChI is InChI=1S/C69H44N4/c1-45-37-56(71-2)29-30-57(45)55-28-36-69(73-67-34-26-53(49-19-11-5-12-20-49)41-61(67)62-42-54(27-35-68(62)73)50-21-13-6-14-22-50)63(43-55)58-38-46(44-70)23-31-64(58)72-65-32-24-51(47-15-7-3-8-16-47)39-59(65)60-40-52(25-33-66(60)72)48-17-9-4-10-18-48/h3-43H,1H3. The molecule has 4 nitrogen and oxygen atoms in total. The van der Waals surface area contributed by atoms with Crippen molar-refractivity contribution in [2.75, 3.05) is 0 Å². The van der Waals surface area contributed by atoms with Crippen LogP contribution in [-0.2, 0) is 0 Å². The molecule has 73 heavy (non-hydrogen) atoms. The molecule has 0 N–H and O–H groups in total. The number of hydrogen-bond donors (Lipinski definition) is 0. The van der Waals surface area contributed by atoms with Gasteiger partial charge in [-0.2, -0.15) is 5.26 Å². The normalized spacial score (nSPS) is 11.3. The molecular weight excluding hydrogens is 885 g/mol. The van der Waals surface area contributed by atoms with Crippen molar-refractivity contribution >= 4 is 49.3 Å². The Morgan fingerprint density at radius 2 is 0.712 bits per heavy atom. The van der Waals surface area contributed by atoms with Crippen LogP contribution in [-0.4, -0.2) is 9.13 Å². The Hall–Kier alpha value is -10.0. The smallest absolute Gasteiger partial charge is 0.187 e. The largest absolute Gasteiger partial charge is 0.309 e. The summed E-state index contributed by atoms with van der Waals surface area (Å²) in [6.45, 7) is 9.85. The Labute approximate surface area is 424 Å². The predicted octanol–water partition coefficient (Wildman–Crippen LogP) is 18.6. The van der Waals surface area contributed by atoms with Crippen LogP contribution in [0.15, 0.2) is 249 Å². The second-order valence-corrected chi connectivity index (χ2v) is 18.7. The molecule has 0 spiro atoms. The van der Waals surface area contributed by atoms with Gasteiger partial charge in [0.1, 0.15) is 0 Å². The van der Waals surface area contributed by atoms with Crippen LogP contribution in [0.4, 0.5) is 5.69 Å². The van der Waals surface area contributed by atoms with Gasteiger partial charge in [-0.15, -0.1) is 0 Å². The number of rotatable bonds is 8. The summed E-state index contributed by atoms with van der Waals surface area (Å²) >= 11 is 0. The average Bonchev–Trinajstić information content (AvgIpc) is 3.97. The molecule has 0 amide bonds. The van der Waals surface area contributed by atoms with Crippen LogP contribution in [0.1, 0.15) is 11.1 Å². The molecule has 0 unspecified atom stereocenters. The van der Waals surface area contributed by atoms with E-state index < -0.39 is 0 Å². The van der Waals surface area contributed by atoms with E-state index in [9.17, 15) is 5.26 Å². The van der Waals surface area contributed by atoms with Crippen LogP contribution < -0.4 is 0 Å². The number of aryl methyl sites for hydroxylation is 1. The molecule has 11 aromatic carbocycles. The van der Waals surface area contributed by atoms with Crippen molar-refractivity contribution in [1.82, 2.24) is 9.13 Å². The zero-order valence-corrected chi connectivity index (χ0v) is 40.0. The van der Waals surface area contributed by atoms with Crippen molar-refractivity contribution in [2.45, 2.75) is 6.92 Å². The number of fused-ring (bicyclic) bond motifs is 6. The Morgan fingerprint density at radius 1 is 0.342 bits per heavy atom. The molecule has 0 fully saturated rings. The maximum absolute atomic E-state index is 10.8. The third kappa shape index (κ3) is 7.46. The number of hydrogen-bond acceptors (Lipinski definition) is 1. The fourth-order valence-corrected chi connectivity index (χ4v) is 11.0. The van der Waals surface area contributed by atoms with Crippen LogP contribution in [0.5, 0.6) is 0 Å². The van der Waals surface area contributed by atoms with Crippen molar-refractivity contribution in [3.8, 4) is 84.2 Å². The van der Waals surface area contributed by atoms with E-state index in [1.807, 2.05) is 18.2 Å². The topological polar surface area (TPSA) is 38.0 Å². The molecule has 0 aliphatic rings. The summed E-state index contributed by atoms with van der Waals surface area (Å²) in [4.78, 5) is 3.76. The van der Waals surface area contributed by atoms with E-state index in [1.54, 1.807) is 0 Å². The fourth-order valence-electron chi connectivity index (χ4n) is 11.0. The van der Waals surface area contributed by atoms with Crippen molar-refractivity contribution in [1.29, 1.82) is 5.26 Å². The molecule has 2 aromatic heterocycles. The second-order valence-electron chi connectivity index (χ2n) is 18.7. The molecule has 0 atom stereocenters. The highest BCUT2D eigenvalue weighted by atomic mass is 15.0. The van der Waals surface area contributed by atoms with Gasteiger partial charge in [0.25, 0.3) is 0 Å². The first-order valence-corrected chi connectivity index (χ1v) is 24.6. The third-order valence-electron chi connectivity index (χ3n) is 14.5. The van der Waals surface area contributed by atoms with E-state index in [4.69, 9.17) is 6.57 Å². The summed E-state index contributed by atoms with van der Waals surface area (Å²) in [5.74, 6) is 0. The average molecular weight is 929 g/mol. The van der Waals surface area contributed by atoms with Gasteiger partial charge >= 0.3 is 0 Å². The summed E-state index contributed by atoms with van der Waals surface area (Å²) in [6.07, 6.45) is 0. The van der Waals surface area contributed by atoms with Gasteiger partial charge in [0.15, 0.2) is 5.69 Å². The molecule has 13 rings (SSSR count). The molecule has 0 aliphatic heterocycles. The van der Waals surface area contributed by atoms with Crippen molar-refractivity contribution in [3.05, 3.63) is 271 Å². The van der Waals surface area contributed by atoms with Crippen molar-refractivity contribution in [3.63, 3.8) is 0 Å². The van der Waals surface area contributed by atoms with Crippen LogP contribution in [0.3, 0.4) is 0 Å². The lowest BCUT2D eigenvalue weighted by Gasteiger charge is -2.20. The van der Waals surface area contributed by atoms with E-state index in [0.29, 0.717) is 11.3 Å². The minimum absolute atomic E-state index is 0.563. The van der Waals surface area contributed by atoms with E-state index in [1.165, 1.54) is 0 Å². The molecule has 0 saturated heterocycles. The summed E-state index contributed by atoms with van der Waals surface area (Å²) in [5.41, 5.74) is 21.5. The van der Waals surface area contributed by atoms with Gasteiger partial charge < -0.3 is 9.13 Å². The third-order valence-corrected chi connectivity index (χ3v) is 14.5. The first kappa shape index (κ1) is 43.1. The summed E-state index contributed by atoms with van der Waals surface area (Å²) in [7, 11) is 0. The molecule has 0 saturated carbocycles. The minimum Gasteiger partial charge on any atom is -0.309 e. The molecule has 2 heterocycles. The number of nitriles is 1. The zero-order chi connectivity index (χ0) is 49.0. The van der Waals surface area contributed by atoms with Crippen molar-refractivity contribution < 1.29 is 0 Å². The number of benzene rings is 11. The van der Waals surface area contributed by atoms with E-state index in [-0.39, 0.29) is 0 Å². The molecular formula is C69H44N4. The minimum atomic E-state index is 0.563. The SMILES string of the molecule is [C-]#[N+]c1ccc(-c2ccc(-n3c4ccc(-c5ccccc5)cc4c4cc(-c5ccccc5)ccc43)c(-c3cc(C#N)ccc3-n3c4ccc(-c5ccccc5)cc4c4cc(-c5ccccc5)ccc43)c2)c(C)c1. The molecule has 0 radical (unpaired) electrons. The number of aromatic nitrogens is 2. The fraction of sp³-hybridized carbons (Fsp3) is 0.0145. The summed E-state index contributed by atoms with van der Waals surface area (Å²) < 4.78 is 4.80. The predicted molar refractivity (Wildman–Crippen MR) is 303 cm³/mol. The van der Waals surface area contributed by atoms with Gasteiger partial charge in [0.05, 0.1) is 51.6 Å². The molecule has 340 valence electrons. The Kier molecular flexibility index (Phi) is 10.5. The quantitative estimate of drug-likeness (QED) is 0.140. The van der Waals surface area contributed by atoms with Crippen LogP contribution >= 0.6 is 0 Å². The van der Waals surface area contributed by atoms with Crippen LogP contribution in [0.25, 0.3) is 127 Å². The first-order valence-electron chi connectivity index (χ1n) is 24.6. The van der Waals surface area contributed by atoms with Gasteiger partial charge in [0, 0.05) is 32.7 Å². The monoisotopic (exact) mass is 928 g/mol. The number of nitrogens with zero attached hydrogens (tertiary/aromatic N) is 4. The Balaban J connectivity index is 1.12. The van der Waals surface area contributed by atoms with Gasteiger partial charge in [0.2, 0.25) is 0 Å². The zero-order valence-electron chi connectivity index (χ0n) is 40.0. The van der Waals surface area contributed by atoms with Crippen LogP contribution in [0, 0.1) is 24.8 Å². The molecule has 4 heteroatoms. The summed E-state index contributed by atoms with van der Waals surface area (Å²) in [5, 5.41) is 15.3. The van der Waals surface area contributed by atoms with Gasteiger partial charge in [-0.3, -0.25) is 0 Å². The summed E-state index contributed by atoms with van der Waals surface area (Å²) in [6, 6.07) is 90.9. The maximum atomic E-state index is 10.8. The molecule has 13 aromatic rings. The van der Waals surface area contributed by atoms with E-state index in [0.717, 1.165) is 127 Å². The van der Waals surface area contributed by atoms with E-state index in [2.05, 4.69) is 257 Å². The Bertz CT molecular complexity index is 4180. The lowest BCUT2D eigenvalue weighted by atomic mass is 9.93. The highest BCUT2D eigenvalue weighted by Gasteiger charge is 2.23. The highest BCUT2D eigenvalue weighted by molar-refractivity contribution is 6.14.